The Morgan fingerprint density at radius 3 is 2.83 bits per heavy atom. The Morgan fingerprint density at radius 2 is 2.17 bits per heavy atom. The van der Waals surface area contributed by atoms with Gasteiger partial charge in [-0.25, -0.2) is 9.37 Å². The smallest absolute Gasteiger partial charge is 0.220 e. The fourth-order valence-electron chi connectivity index (χ4n) is 2.77. The van der Waals surface area contributed by atoms with E-state index in [4.69, 9.17) is 4.74 Å². The number of hydrogen-bond donors (Lipinski definition) is 2. The van der Waals surface area contributed by atoms with Crippen LogP contribution < -0.4 is 10.1 Å². The first-order valence-electron chi connectivity index (χ1n) is 7.86. The van der Waals surface area contributed by atoms with Gasteiger partial charge in [-0.3, -0.25) is 4.79 Å². The second-order valence-electron chi connectivity index (χ2n) is 5.87. The standard InChI is InChI=1S/C18H19FN2O3/c1-11-14(15-8-12(9-22)2-5-16(15)19)4-7-18(20-11)24-10-13-3-6-17(23)21-13/h2,4-5,7-8,13,22H,3,6,9-10H2,1H3,(H,21,23)/t13-/m1/s1. The van der Waals surface area contributed by atoms with E-state index in [2.05, 4.69) is 10.3 Å². The summed E-state index contributed by atoms with van der Waals surface area (Å²) in [7, 11) is 0. The van der Waals surface area contributed by atoms with Crippen LogP contribution in [0.2, 0.25) is 0 Å². The van der Waals surface area contributed by atoms with Crippen molar-refractivity contribution >= 4 is 5.91 Å². The minimum atomic E-state index is -0.362. The molecule has 2 heterocycles. The van der Waals surface area contributed by atoms with E-state index in [0.29, 0.717) is 41.3 Å². The zero-order valence-corrected chi connectivity index (χ0v) is 13.4. The summed E-state index contributed by atoms with van der Waals surface area (Å²) in [4.78, 5) is 15.5. The number of rotatable bonds is 5. The summed E-state index contributed by atoms with van der Waals surface area (Å²) in [5, 5.41) is 12.0. The van der Waals surface area contributed by atoms with E-state index in [1.807, 2.05) is 0 Å². The van der Waals surface area contributed by atoms with Crippen molar-refractivity contribution in [3.63, 3.8) is 0 Å². The second-order valence-corrected chi connectivity index (χ2v) is 5.87. The number of amides is 1. The number of hydrogen-bond acceptors (Lipinski definition) is 4. The van der Waals surface area contributed by atoms with Crippen molar-refractivity contribution < 1.29 is 19.0 Å². The van der Waals surface area contributed by atoms with E-state index in [9.17, 15) is 14.3 Å². The van der Waals surface area contributed by atoms with Gasteiger partial charge in [-0.2, -0.15) is 0 Å². The lowest BCUT2D eigenvalue weighted by Gasteiger charge is -2.13. The number of aromatic nitrogens is 1. The number of carbonyl (C=O) groups excluding carboxylic acids is 1. The summed E-state index contributed by atoms with van der Waals surface area (Å²) in [5.74, 6) is 0.123. The van der Waals surface area contributed by atoms with Gasteiger partial charge in [0, 0.05) is 29.3 Å². The fourth-order valence-corrected chi connectivity index (χ4v) is 2.77. The van der Waals surface area contributed by atoms with Gasteiger partial charge in [0.25, 0.3) is 0 Å². The van der Waals surface area contributed by atoms with Crippen molar-refractivity contribution in [1.82, 2.24) is 10.3 Å². The molecule has 1 aliphatic rings. The number of halogens is 1. The van der Waals surface area contributed by atoms with E-state index >= 15 is 0 Å². The molecule has 2 N–H and O–H groups in total. The lowest BCUT2D eigenvalue weighted by Crippen LogP contribution is -2.31. The lowest BCUT2D eigenvalue weighted by atomic mass is 10.0. The van der Waals surface area contributed by atoms with Crippen LogP contribution in [0, 0.1) is 12.7 Å². The van der Waals surface area contributed by atoms with Gasteiger partial charge in [0.1, 0.15) is 12.4 Å². The molecule has 2 aromatic rings. The van der Waals surface area contributed by atoms with E-state index in [1.54, 1.807) is 31.2 Å². The molecule has 5 nitrogen and oxygen atoms in total. The lowest BCUT2D eigenvalue weighted by molar-refractivity contribution is -0.119. The normalized spacial score (nSPS) is 17.0. The molecule has 1 fully saturated rings. The zero-order valence-electron chi connectivity index (χ0n) is 13.4. The van der Waals surface area contributed by atoms with Gasteiger partial charge in [0.2, 0.25) is 11.8 Å². The van der Waals surface area contributed by atoms with Crippen molar-refractivity contribution in [2.45, 2.75) is 32.4 Å². The Balaban J connectivity index is 1.76. The summed E-state index contributed by atoms with van der Waals surface area (Å²) in [6, 6.07) is 7.96. The van der Waals surface area contributed by atoms with Crippen LogP contribution >= 0.6 is 0 Å². The molecule has 0 aliphatic carbocycles. The van der Waals surface area contributed by atoms with Gasteiger partial charge in [-0.1, -0.05) is 6.07 Å². The van der Waals surface area contributed by atoms with Crippen LogP contribution in [-0.2, 0) is 11.4 Å². The molecule has 126 valence electrons. The third-order valence-corrected chi connectivity index (χ3v) is 4.08. The minimum Gasteiger partial charge on any atom is -0.475 e. The van der Waals surface area contributed by atoms with E-state index < -0.39 is 0 Å². The predicted molar refractivity (Wildman–Crippen MR) is 87.0 cm³/mol. The minimum absolute atomic E-state index is 0.0120. The maximum atomic E-state index is 14.1. The molecular formula is C18H19FN2O3. The van der Waals surface area contributed by atoms with Gasteiger partial charge in [0.05, 0.1) is 12.6 Å². The third kappa shape index (κ3) is 3.54. The summed E-state index contributed by atoms with van der Waals surface area (Å²) in [6.45, 7) is 2.00. The average Bonchev–Trinajstić information content (AvgIpc) is 2.99. The second kappa shape index (κ2) is 6.97. The maximum absolute atomic E-state index is 14.1. The van der Waals surface area contributed by atoms with E-state index in [0.717, 1.165) is 6.42 Å². The van der Waals surface area contributed by atoms with Crippen molar-refractivity contribution in [1.29, 1.82) is 0 Å². The van der Waals surface area contributed by atoms with Crippen LogP contribution in [0.4, 0.5) is 4.39 Å². The monoisotopic (exact) mass is 330 g/mol. The quantitative estimate of drug-likeness (QED) is 0.883. The highest BCUT2D eigenvalue weighted by Crippen LogP contribution is 2.28. The molecule has 1 aromatic carbocycles. The Hall–Kier alpha value is -2.47. The molecule has 1 aromatic heterocycles. The topological polar surface area (TPSA) is 71.5 Å². The molecule has 1 aliphatic heterocycles. The first-order chi connectivity index (χ1) is 11.6. The number of pyridine rings is 1. The molecule has 0 spiro atoms. The first-order valence-corrected chi connectivity index (χ1v) is 7.86. The number of nitrogens with zero attached hydrogens (tertiary/aromatic N) is 1. The van der Waals surface area contributed by atoms with Crippen LogP contribution in [-0.4, -0.2) is 28.6 Å². The van der Waals surface area contributed by atoms with Gasteiger partial charge >= 0.3 is 0 Å². The number of ether oxygens (including phenoxy) is 1. The number of aliphatic hydroxyl groups is 1. The molecule has 0 radical (unpaired) electrons. The third-order valence-electron chi connectivity index (χ3n) is 4.08. The maximum Gasteiger partial charge on any atom is 0.220 e. The summed E-state index contributed by atoms with van der Waals surface area (Å²) >= 11 is 0. The zero-order chi connectivity index (χ0) is 17.1. The van der Waals surface area contributed by atoms with Crippen LogP contribution in [0.5, 0.6) is 5.88 Å². The SMILES string of the molecule is Cc1nc(OC[C@H]2CCC(=O)N2)ccc1-c1cc(CO)ccc1F. The van der Waals surface area contributed by atoms with E-state index in [-0.39, 0.29) is 24.4 Å². The highest BCUT2D eigenvalue weighted by atomic mass is 19.1. The van der Waals surface area contributed by atoms with Crippen molar-refractivity contribution in [3.8, 4) is 17.0 Å². The highest BCUT2D eigenvalue weighted by molar-refractivity contribution is 5.78. The average molecular weight is 330 g/mol. The largest absolute Gasteiger partial charge is 0.475 e. The summed E-state index contributed by atoms with van der Waals surface area (Å²) < 4.78 is 19.7. The van der Waals surface area contributed by atoms with Crippen molar-refractivity contribution in [2.24, 2.45) is 0 Å². The number of nitrogens with one attached hydrogen (secondary N) is 1. The Morgan fingerprint density at radius 1 is 1.33 bits per heavy atom. The number of carbonyl (C=O) groups is 1. The first kappa shape index (κ1) is 16.4. The van der Waals surface area contributed by atoms with Crippen LogP contribution in [0.3, 0.4) is 0 Å². The fraction of sp³-hybridized carbons (Fsp3) is 0.333. The molecule has 3 rings (SSSR count). The number of benzene rings is 1. The molecule has 24 heavy (non-hydrogen) atoms. The Kier molecular flexibility index (Phi) is 4.76. The molecule has 0 unspecified atom stereocenters. The van der Waals surface area contributed by atoms with Crippen molar-refractivity contribution in [2.75, 3.05) is 6.61 Å². The highest BCUT2D eigenvalue weighted by Gasteiger charge is 2.21. The van der Waals surface area contributed by atoms with Crippen LogP contribution in [0.1, 0.15) is 24.1 Å². The molecule has 1 atom stereocenters. The number of aryl methyl sites for hydroxylation is 1. The molecule has 0 saturated carbocycles. The molecule has 6 heteroatoms. The van der Waals surface area contributed by atoms with Gasteiger partial charge in [-0.15, -0.1) is 0 Å². The summed E-state index contributed by atoms with van der Waals surface area (Å²) in [6.07, 6.45) is 1.29. The molecule has 1 saturated heterocycles. The molecule has 0 bridgehead atoms. The van der Waals surface area contributed by atoms with Crippen LogP contribution in [0.15, 0.2) is 30.3 Å². The Labute approximate surface area is 139 Å². The van der Waals surface area contributed by atoms with Gasteiger partial charge in [-0.05, 0) is 37.1 Å². The molecular weight excluding hydrogens is 311 g/mol. The summed E-state index contributed by atoms with van der Waals surface area (Å²) in [5.41, 5.74) is 2.34. The number of aliphatic hydroxyl groups excluding tert-OH is 1. The molecule has 1 amide bonds. The van der Waals surface area contributed by atoms with Gasteiger partial charge in [0.15, 0.2) is 0 Å². The van der Waals surface area contributed by atoms with E-state index in [1.165, 1.54) is 6.07 Å². The predicted octanol–water partition coefficient (Wildman–Crippen LogP) is 2.35. The Bertz CT molecular complexity index is 764. The van der Waals surface area contributed by atoms with Gasteiger partial charge < -0.3 is 15.2 Å². The van der Waals surface area contributed by atoms with Crippen LogP contribution in [0.25, 0.3) is 11.1 Å². The van der Waals surface area contributed by atoms with Crippen molar-refractivity contribution in [3.05, 3.63) is 47.4 Å².